The molecule has 1 saturated carbocycles. The van der Waals surface area contributed by atoms with Gasteiger partial charge in [0.2, 0.25) is 0 Å². The number of carbonyl (C=O) groups is 1. The van der Waals surface area contributed by atoms with Crippen LogP contribution in [0.2, 0.25) is 0 Å². The van der Waals surface area contributed by atoms with Gasteiger partial charge in [-0.05, 0) is 44.9 Å². The molecule has 0 amide bonds. The van der Waals surface area contributed by atoms with Gasteiger partial charge in [0.15, 0.2) is 0 Å². The van der Waals surface area contributed by atoms with Crippen LogP contribution in [0.5, 0.6) is 0 Å². The molecule has 0 radical (unpaired) electrons. The first kappa shape index (κ1) is 16.5. The molecule has 0 bridgehead atoms. The second-order valence-electron chi connectivity index (χ2n) is 6.78. The van der Waals surface area contributed by atoms with E-state index in [2.05, 4.69) is 39.5 Å². The van der Waals surface area contributed by atoms with Crippen molar-refractivity contribution < 1.29 is 9.90 Å². The first-order chi connectivity index (χ1) is 8.86. The van der Waals surface area contributed by atoms with E-state index in [0.29, 0.717) is 17.9 Å². The second-order valence-corrected chi connectivity index (χ2v) is 6.78. The lowest BCUT2D eigenvalue weighted by atomic mass is 9.76. The summed E-state index contributed by atoms with van der Waals surface area (Å²) < 4.78 is 0. The van der Waals surface area contributed by atoms with Crippen LogP contribution in [0.3, 0.4) is 0 Å². The van der Waals surface area contributed by atoms with Crippen LogP contribution in [0.25, 0.3) is 0 Å². The maximum atomic E-state index is 11.5. The van der Waals surface area contributed by atoms with Gasteiger partial charge in [-0.1, -0.05) is 27.2 Å². The molecule has 0 heterocycles. The molecular weight excluding hydrogens is 238 g/mol. The minimum atomic E-state index is -0.603. The van der Waals surface area contributed by atoms with Gasteiger partial charge >= 0.3 is 5.97 Å². The summed E-state index contributed by atoms with van der Waals surface area (Å²) >= 11 is 0. The van der Waals surface area contributed by atoms with Crippen molar-refractivity contribution >= 4 is 5.97 Å². The highest BCUT2D eigenvalue weighted by Crippen LogP contribution is 2.35. The molecule has 3 nitrogen and oxygen atoms in total. The Morgan fingerprint density at radius 1 is 1.26 bits per heavy atom. The van der Waals surface area contributed by atoms with Crippen LogP contribution in [0, 0.1) is 17.8 Å². The predicted molar refractivity (Wildman–Crippen MR) is 79.2 cm³/mol. The molecule has 1 aliphatic rings. The number of hydrogen-bond acceptors (Lipinski definition) is 2. The zero-order chi connectivity index (χ0) is 14.6. The van der Waals surface area contributed by atoms with Crippen LogP contribution in [-0.2, 0) is 4.79 Å². The first-order valence-corrected chi connectivity index (χ1v) is 7.85. The third-order valence-electron chi connectivity index (χ3n) is 4.48. The van der Waals surface area contributed by atoms with Gasteiger partial charge in [-0.15, -0.1) is 0 Å². The van der Waals surface area contributed by atoms with Crippen molar-refractivity contribution in [3.05, 3.63) is 0 Å². The van der Waals surface area contributed by atoms with Gasteiger partial charge in [0.05, 0.1) is 5.92 Å². The number of rotatable bonds is 6. The molecule has 1 rings (SSSR count). The smallest absolute Gasteiger partial charge is 0.308 e. The molecule has 0 aliphatic heterocycles. The van der Waals surface area contributed by atoms with Crippen LogP contribution < -0.4 is 0 Å². The number of aliphatic carboxylic acids is 1. The normalized spacial score (nSPS) is 28.3. The van der Waals surface area contributed by atoms with Gasteiger partial charge in [0.25, 0.3) is 0 Å². The van der Waals surface area contributed by atoms with Gasteiger partial charge in [0, 0.05) is 18.6 Å². The minimum absolute atomic E-state index is 0.177. The fraction of sp³-hybridized carbons (Fsp3) is 0.938. The lowest BCUT2D eigenvalue weighted by Crippen LogP contribution is -2.51. The van der Waals surface area contributed by atoms with Gasteiger partial charge < -0.3 is 5.11 Å². The molecule has 0 aromatic carbocycles. The Morgan fingerprint density at radius 3 is 2.32 bits per heavy atom. The summed E-state index contributed by atoms with van der Waals surface area (Å²) in [6.07, 6.45) is 4.16. The van der Waals surface area contributed by atoms with Crippen molar-refractivity contribution in [2.45, 2.75) is 72.4 Å². The Bertz CT molecular complexity index is 288. The number of carboxylic acid groups (broad SMARTS) is 1. The zero-order valence-corrected chi connectivity index (χ0v) is 13.2. The molecule has 3 heteroatoms. The SMILES string of the molecule is CCC1CCC(C(=O)O)C(N(CC(C)C)C(C)C)C1. The standard InChI is InChI=1S/C16H31NO2/c1-6-13-7-8-14(16(18)19)15(9-13)17(12(4)5)10-11(2)3/h11-15H,6-10H2,1-5H3,(H,18,19). The Kier molecular flexibility index (Phi) is 6.31. The van der Waals surface area contributed by atoms with Gasteiger partial charge in [-0.2, -0.15) is 0 Å². The largest absolute Gasteiger partial charge is 0.481 e. The molecule has 1 fully saturated rings. The molecule has 0 spiro atoms. The highest BCUT2D eigenvalue weighted by molar-refractivity contribution is 5.71. The van der Waals surface area contributed by atoms with Crippen LogP contribution in [0.4, 0.5) is 0 Å². The van der Waals surface area contributed by atoms with Crippen LogP contribution in [0.1, 0.15) is 60.3 Å². The Morgan fingerprint density at radius 2 is 1.89 bits per heavy atom. The van der Waals surface area contributed by atoms with Crippen LogP contribution in [0.15, 0.2) is 0 Å². The molecular formula is C16H31NO2. The third-order valence-corrected chi connectivity index (χ3v) is 4.48. The van der Waals surface area contributed by atoms with E-state index < -0.39 is 5.97 Å². The van der Waals surface area contributed by atoms with Crippen molar-refractivity contribution in [1.82, 2.24) is 4.90 Å². The minimum Gasteiger partial charge on any atom is -0.481 e. The van der Waals surface area contributed by atoms with Crippen molar-refractivity contribution in [3.63, 3.8) is 0 Å². The molecule has 0 saturated heterocycles. The maximum absolute atomic E-state index is 11.5. The van der Waals surface area contributed by atoms with E-state index in [1.165, 1.54) is 6.42 Å². The predicted octanol–water partition coefficient (Wildman–Crippen LogP) is 3.63. The zero-order valence-electron chi connectivity index (χ0n) is 13.2. The van der Waals surface area contributed by atoms with Gasteiger partial charge in [0.1, 0.15) is 0 Å². The van der Waals surface area contributed by atoms with E-state index in [-0.39, 0.29) is 12.0 Å². The summed E-state index contributed by atoms with van der Waals surface area (Å²) in [6, 6.07) is 0.642. The van der Waals surface area contributed by atoms with Crippen molar-refractivity contribution in [1.29, 1.82) is 0 Å². The van der Waals surface area contributed by atoms with Crippen molar-refractivity contribution in [2.75, 3.05) is 6.54 Å². The topological polar surface area (TPSA) is 40.5 Å². The lowest BCUT2D eigenvalue weighted by Gasteiger charge is -2.43. The average Bonchev–Trinajstić information content (AvgIpc) is 2.34. The van der Waals surface area contributed by atoms with Gasteiger partial charge in [-0.3, -0.25) is 9.69 Å². The van der Waals surface area contributed by atoms with E-state index in [9.17, 15) is 9.90 Å². The molecule has 19 heavy (non-hydrogen) atoms. The lowest BCUT2D eigenvalue weighted by molar-refractivity contribution is -0.147. The van der Waals surface area contributed by atoms with E-state index in [0.717, 1.165) is 25.8 Å². The number of nitrogens with zero attached hydrogens (tertiary/aromatic N) is 1. The third kappa shape index (κ3) is 4.48. The summed E-state index contributed by atoms with van der Waals surface area (Å²) in [7, 11) is 0. The van der Waals surface area contributed by atoms with Crippen molar-refractivity contribution in [2.24, 2.45) is 17.8 Å². The van der Waals surface area contributed by atoms with E-state index in [1.807, 2.05) is 0 Å². The fourth-order valence-corrected chi connectivity index (χ4v) is 3.41. The molecule has 0 aromatic rings. The number of carboxylic acids is 1. The Hall–Kier alpha value is -0.570. The quantitative estimate of drug-likeness (QED) is 0.800. The molecule has 112 valence electrons. The van der Waals surface area contributed by atoms with E-state index in [1.54, 1.807) is 0 Å². The summed E-state index contributed by atoms with van der Waals surface area (Å²) in [4.78, 5) is 14.0. The van der Waals surface area contributed by atoms with Crippen molar-refractivity contribution in [3.8, 4) is 0 Å². The summed E-state index contributed by atoms with van der Waals surface area (Å²) in [5.41, 5.74) is 0. The Labute approximate surface area is 118 Å². The average molecular weight is 269 g/mol. The van der Waals surface area contributed by atoms with E-state index in [4.69, 9.17) is 0 Å². The van der Waals surface area contributed by atoms with Crippen LogP contribution >= 0.6 is 0 Å². The first-order valence-electron chi connectivity index (χ1n) is 7.85. The highest BCUT2D eigenvalue weighted by Gasteiger charge is 2.38. The van der Waals surface area contributed by atoms with Crippen LogP contribution in [-0.4, -0.2) is 34.6 Å². The highest BCUT2D eigenvalue weighted by atomic mass is 16.4. The van der Waals surface area contributed by atoms with Gasteiger partial charge in [-0.25, -0.2) is 0 Å². The second kappa shape index (κ2) is 7.28. The van der Waals surface area contributed by atoms with E-state index >= 15 is 0 Å². The monoisotopic (exact) mass is 269 g/mol. The maximum Gasteiger partial charge on any atom is 0.308 e. The fourth-order valence-electron chi connectivity index (χ4n) is 3.41. The number of hydrogen-bond donors (Lipinski definition) is 1. The molecule has 1 N–H and O–H groups in total. The summed E-state index contributed by atoms with van der Waals surface area (Å²) in [5.74, 6) is 0.505. The summed E-state index contributed by atoms with van der Waals surface area (Å²) in [5, 5.41) is 9.51. The molecule has 0 aromatic heterocycles. The summed E-state index contributed by atoms with van der Waals surface area (Å²) in [6.45, 7) is 12.0. The molecule has 3 atom stereocenters. The molecule has 3 unspecified atom stereocenters. The molecule has 1 aliphatic carbocycles. The Balaban J connectivity index is 2.88.